The van der Waals surface area contributed by atoms with Gasteiger partial charge >= 0.3 is 6.03 Å². The number of carbonyl (C=O) groups is 1. The molecular weight excluding hydrogens is 410 g/mol. The van der Waals surface area contributed by atoms with Crippen LogP contribution in [-0.2, 0) is 28.4 Å². The molecule has 4 rings (SSSR count). The van der Waals surface area contributed by atoms with E-state index >= 15 is 0 Å². The lowest BCUT2D eigenvalue weighted by atomic mass is 10.0. The van der Waals surface area contributed by atoms with E-state index in [0.717, 1.165) is 71.6 Å². The van der Waals surface area contributed by atoms with Gasteiger partial charge in [0, 0.05) is 17.3 Å². The number of hydrogen-bond donors (Lipinski definition) is 3. The number of amides is 2. The maximum Gasteiger partial charge on any atom is 0.354 e. The van der Waals surface area contributed by atoms with Gasteiger partial charge in [-0.25, -0.2) is 19.1 Å². The summed E-state index contributed by atoms with van der Waals surface area (Å²) >= 11 is 0.988. The van der Waals surface area contributed by atoms with Gasteiger partial charge in [0.25, 0.3) is 0 Å². The fraction of sp³-hybridized carbons (Fsp3) is 0.526. The molecule has 156 valence electrons. The fourth-order valence-corrected chi connectivity index (χ4v) is 5.67. The molecule has 0 aliphatic heterocycles. The zero-order chi connectivity index (χ0) is 21.0. The minimum absolute atomic E-state index is 0.153. The van der Waals surface area contributed by atoms with Crippen molar-refractivity contribution in [2.75, 3.05) is 5.32 Å². The summed E-state index contributed by atoms with van der Waals surface area (Å²) in [6, 6.07) is -0.749. The Kier molecular flexibility index (Phi) is 5.01. The number of nitrogens with one attached hydrogen (secondary N) is 1. The number of anilines is 1. The quantitative estimate of drug-likeness (QED) is 0.678. The number of nitrogens with two attached hydrogens (primary N) is 1. The summed E-state index contributed by atoms with van der Waals surface area (Å²) in [7, 11) is -3.47. The van der Waals surface area contributed by atoms with Crippen molar-refractivity contribution in [1.29, 1.82) is 0 Å². The topological polar surface area (TPSA) is 131 Å². The second-order valence-electron chi connectivity index (χ2n) is 8.18. The lowest BCUT2D eigenvalue weighted by Crippen LogP contribution is -2.18. The van der Waals surface area contributed by atoms with Gasteiger partial charge in [-0.1, -0.05) is 0 Å². The molecule has 4 N–H and O–H groups in total. The van der Waals surface area contributed by atoms with E-state index in [1.807, 2.05) is 6.92 Å². The summed E-state index contributed by atoms with van der Waals surface area (Å²) in [4.78, 5) is 21.5. The average Bonchev–Trinajstić information content (AvgIpc) is 3.13. The first-order chi connectivity index (χ1) is 13.6. The molecule has 2 aromatic rings. The summed E-state index contributed by atoms with van der Waals surface area (Å²) in [5.74, 6) is 0.463. The molecule has 2 aliphatic rings. The number of nitrogens with zero attached hydrogens (tertiary/aromatic N) is 3. The van der Waals surface area contributed by atoms with E-state index in [9.17, 15) is 14.1 Å². The van der Waals surface area contributed by atoms with Crippen molar-refractivity contribution in [2.24, 2.45) is 9.50 Å². The number of aryl methyl sites for hydroxylation is 1. The zero-order valence-corrected chi connectivity index (χ0v) is 18.3. The highest BCUT2D eigenvalue weighted by Gasteiger charge is 2.31. The third kappa shape index (κ3) is 4.07. The van der Waals surface area contributed by atoms with Gasteiger partial charge in [0.15, 0.2) is 9.92 Å². The molecule has 1 saturated carbocycles. The SMILES string of the molecule is Cc1c(C2CC2)nc2c(c1NC(=O)N=S(N)(=O)c1cnc(C(C)(C)O)s1)CCC2. The molecule has 10 heteroatoms. The molecule has 2 heterocycles. The molecule has 8 nitrogen and oxygen atoms in total. The van der Waals surface area contributed by atoms with Crippen molar-refractivity contribution >= 4 is 33.0 Å². The number of hydrogen-bond acceptors (Lipinski definition) is 6. The second kappa shape index (κ2) is 7.12. The predicted molar refractivity (Wildman–Crippen MR) is 112 cm³/mol. The van der Waals surface area contributed by atoms with Gasteiger partial charge in [0.1, 0.15) is 14.8 Å². The van der Waals surface area contributed by atoms with Crippen molar-refractivity contribution in [2.45, 2.75) is 68.6 Å². The van der Waals surface area contributed by atoms with Gasteiger partial charge in [-0.3, -0.25) is 4.98 Å². The second-order valence-corrected chi connectivity index (χ2v) is 11.2. The highest BCUT2D eigenvalue weighted by molar-refractivity contribution is 7.93. The predicted octanol–water partition coefficient (Wildman–Crippen LogP) is 3.37. The van der Waals surface area contributed by atoms with Crippen LogP contribution in [0.3, 0.4) is 0 Å². The third-order valence-electron chi connectivity index (χ3n) is 5.22. The van der Waals surface area contributed by atoms with E-state index < -0.39 is 21.5 Å². The van der Waals surface area contributed by atoms with Crippen LogP contribution in [0.2, 0.25) is 0 Å². The number of urea groups is 1. The number of aromatic nitrogens is 2. The van der Waals surface area contributed by atoms with Gasteiger partial charge in [0.2, 0.25) is 0 Å². The summed E-state index contributed by atoms with van der Waals surface area (Å²) in [6.45, 7) is 5.11. The molecule has 1 unspecified atom stereocenters. The first-order valence-electron chi connectivity index (χ1n) is 9.63. The Bertz CT molecular complexity index is 1110. The van der Waals surface area contributed by atoms with Crippen LogP contribution in [-0.4, -0.2) is 25.3 Å². The molecule has 29 heavy (non-hydrogen) atoms. The van der Waals surface area contributed by atoms with E-state index in [-0.39, 0.29) is 4.21 Å². The first kappa shape index (κ1) is 20.4. The molecule has 0 radical (unpaired) electrons. The number of aliphatic hydroxyl groups is 1. The summed E-state index contributed by atoms with van der Waals surface area (Å²) in [5.41, 5.74) is 3.64. The highest BCUT2D eigenvalue weighted by atomic mass is 32.2. The molecule has 0 bridgehead atoms. The van der Waals surface area contributed by atoms with Crippen molar-refractivity contribution in [3.8, 4) is 0 Å². The summed E-state index contributed by atoms with van der Waals surface area (Å²) < 4.78 is 16.8. The molecule has 0 saturated heterocycles. The van der Waals surface area contributed by atoms with Crippen LogP contribution >= 0.6 is 11.3 Å². The van der Waals surface area contributed by atoms with E-state index in [1.54, 1.807) is 13.8 Å². The smallest absolute Gasteiger partial charge is 0.354 e. The number of pyridine rings is 1. The molecule has 1 fully saturated rings. The molecule has 2 amide bonds. The number of fused-ring (bicyclic) bond motifs is 1. The lowest BCUT2D eigenvalue weighted by Gasteiger charge is -2.16. The van der Waals surface area contributed by atoms with Gasteiger partial charge in [-0.2, -0.15) is 0 Å². The van der Waals surface area contributed by atoms with Gasteiger partial charge in [-0.05, 0) is 64.0 Å². The Morgan fingerprint density at radius 2 is 2.14 bits per heavy atom. The lowest BCUT2D eigenvalue weighted by molar-refractivity contribution is 0.0783. The molecule has 2 aliphatic carbocycles. The van der Waals surface area contributed by atoms with E-state index in [0.29, 0.717) is 10.9 Å². The van der Waals surface area contributed by atoms with E-state index in [4.69, 9.17) is 10.1 Å². The van der Waals surface area contributed by atoms with E-state index in [1.165, 1.54) is 6.20 Å². The monoisotopic (exact) mass is 435 g/mol. The Morgan fingerprint density at radius 1 is 1.41 bits per heavy atom. The minimum Gasteiger partial charge on any atom is -0.383 e. The number of carbonyl (C=O) groups excluding carboxylic acids is 1. The Balaban J connectivity index is 1.65. The molecule has 0 aromatic carbocycles. The van der Waals surface area contributed by atoms with Crippen LogP contribution in [0.1, 0.15) is 66.6 Å². The standard InChI is InChI=1S/C19H25N5O3S2/c1-10-15(11-7-8-11)22-13-6-4-5-12(13)16(10)23-18(25)24-29(20,27)14-9-21-17(28-14)19(2,3)26/h9,11,26H,4-8H2,1-3H3,(H3,20,22,23,24,25,27). The van der Waals surface area contributed by atoms with Crippen LogP contribution in [0, 0.1) is 6.92 Å². The van der Waals surface area contributed by atoms with Crippen LogP contribution in [0.15, 0.2) is 14.8 Å². The van der Waals surface area contributed by atoms with Crippen molar-refractivity contribution < 1.29 is 14.1 Å². The Labute approximate surface area is 174 Å². The maximum absolute atomic E-state index is 12.9. The van der Waals surface area contributed by atoms with Crippen molar-refractivity contribution in [1.82, 2.24) is 9.97 Å². The maximum atomic E-state index is 12.9. The van der Waals surface area contributed by atoms with Crippen LogP contribution in [0.5, 0.6) is 0 Å². The number of rotatable bonds is 4. The summed E-state index contributed by atoms with van der Waals surface area (Å²) in [5, 5.41) is 19.1. The van der Waals surface area contributed by atoms with Crippen LogP contribution in [0.25, 0.3) is 0 Å². The van der Waals surface area contributed by atoms with Gasteiger partial charge < -0.3 is 10.4 Å². The third-order valence-corrected chi connectivity index (χ3v) is 8.41. The average molecular weight is 436 g/mol. The molecule has 0 spiro atoms. The molecular formula is C19H25N5O3S2. The van der Waals surface area contributed by atoms with Gasteiger partial charge in [-0.15, -0.1) is 15.7 Å². The Morgan fingerprint density at radius 3 is 2.76 bits per heavy atom. The van der Waals surface area contributed by atoms with Crippen molar-refractivity contribution in [3.05, 3.63) is 33.7 Å². The molecule has 2 aromatic heterocycles. The number of thiazole rings is 1. The van der Waals surface area contributed by atoms with Crippen LogP contribution < -0.4 is 10.5 Å². The normalized spacial score (nSPS) is 18.2. The van der Waals surface area contributed by atoms with Crippen LogP contribution in [0.4, 0.5) is 10.5 Å². The minimum atomic E-state index is -3.47. The summed E-state index contributed by atoms with van der Waals surface area (Å²) in [6.07, 6.45) is 6.31. The van der Waals surface area contributed by atoms with Crippen molar-refractivity contribution in [3.63, 3.8) is 0 Å². The van der Waals surface area contributed by atoms with E-state index in [2.05, 4.69) is 14.7 Å². The Hall–Kier alpha value is -1.88. The van der Waals surface area contributed by atoms with Gasteiger partial charge in [0.05, 0.1) is 11.9 Å². The highest BCUT2D eigenvalue weighted by Crippen LogP contribution is 2.44. The zero-order valence-electron chi connectivity index (χ0n) is 16.7. The fourth-order valence-electron chi connectivity index (χ4n) is 3.60. The molecule has 1 atom stereocenters. The largest absolute Gasteiger partial charge is 0.383 e. The first-order valence-corrected chi connectivity index (χ1v) is 12.0.